The first-order chi connectivity index (χ1) is 12.7. The molecule has 0 bridgehead atoms. The van der Waals surface area contributed by atoms with Crippen LogP contribution >= 0.6 is 0 Å². The molecule has 0 saturated heterocycles. The standard InChI is InChI=1S/C17H19F4NO5S/c1-15(2,3)26-14(23)22-8-10-12(27-28(24,25)17(19,20)21)5-4-11(18)13(10)16(9-22)6-7-16/h4-5H,6-9H2,1-3H3. The summed E-state index contributed by atoms with van der Waals surface area (Å²) in [5, 5.41) is 0. The molecular weight excluding hydrogens is 406 g/mol. The molecule has 28 heavy (non-hydrogen) atoms. The second-order valence-electron chi connectivity index (χ2n) is 8.00. The zero-order valence-corrected chi connectivity index (χ0v) is 16.2. The van der Waals surface area contributed by atoms with Crippen molar-refractivity contribution in [2.24, 2.45) is 0 Å². The molecule has 0 radical (unpaired) electrons. The first-order valence-electron chi connectivity index (χ1n) is 8.46. The third kappa shape index (κ3) is 3.76. The van der Waals surface area contributed by atoms with E-state index in [1.165, 1.54) is 4.90 Å². The minimum Gasteiger partial charge on any atom is -0.444 e. The number of ether oxygens (including phenoxy) is 1. The van der Waals surface area contributed by atoms with Crippen molar-refractivity contribution in [3.63, 3.8) is 0 Å². The summed E-state index contributed by atoms with van der Waals surface area (Å²) in [4.78, 5) is 13.7. The number of carbonyl (C=O) groups excluding carboxylic acids is 1. The van der Waals surface area contributed by atoms with E-state index in [-0.39, 0.29) is 24.2 Å². The van der Waals surface area contributed by atoms with Gasteiger partial charge in [0, 0.05) is 23.1 Å². The molecule has 3 rings (SSSR count). The summed E-state index contributed by atoms with van der Waals surface area (Å²) < 4.78 is 85.0. The van der Waals surface area contributed by atoms with Gasteiger partial charge >= 0.3 is 21.7 Å². The average Bonchev–Trinajstić information content (AvgIpc) is 3.26. The van der Waals surface area contributed by atoms with E-state index in [0.29, 0.717) is 12.8 Å². The summed E-state index contributed by atoms with van der Waals surface area (Å²) in [6.45, 7) is 4.76. The molecule has 0 unspecified atom stereocenters. The Hall–Kier alpha value is -2.04. The number of benzene rings is 1. The predicted octanol–water partition coefficient (Wildman–Crippen LogP) is 3.84. The summed E-state index contributed by atoms with van der Waals surface area (Å²) in [6, 6.07) is 1.70. The van der Waals surface area contributed by atoms with Crippen LogP contribution in [0.15, 0.2) is 12.1 Å². The Morgan fingerprint density at radius 1 is 1.18 bits per heavy atom. The smallest absolute Gasteiger partial charge is 0.444 e. The molecule has 1 aromatic carbocycles. The molecule has 2 aliphatic rings. The molecule has 1 amide bonds. The molecular formula is C17H19F4NO5S. The first kappa shape index (κ1) is 20.7. The summed E-state index contributed by atoms with van der Waals surface area (Å²) in [6.07, 6.45) is 0.288. The van der Waals surface area contributed by atoms with Gasteiger partial charge in [-0.15, -0.1) is 0 Å². The van der Waals surface area contributed by atoms with Crippen LogP contribution in [-0.4, -0.2) is 37.1 Å². The Morgan fingerprint density at radius 3 is 2.29 bits per heavy atom. The molecule has 11 heteroatoms. The van der Waals surface area contributed by atoms with E-state index in [9.17, 15) is 30.8 Å². The lowest BCUT2D eigenvalue weighted by Crippen LogP contribution is -2.44. The van der Waals surface area contributed by atoms with Crippen LogP contribution in [0.25, 0.3) is 0 Å². The van der Waals surface area contributed by atoms with Crippen LogP contribution in [0.2, 0.25) is 0 Å². The molecule has 0 N–H and O–H groups in total. The molecule has 1 heterocycles. The maximum Gasteiger partial charge on any atom is 0.534 e. The monoisotopic (exact) mass is 425 g/mol. The quantitative estimate of drug-likeness (QED) is 0.409. The summed E-state index contributed by atoms with van der Waals surface area (Å²) in [7, 11) is -5.94. The van der Waals surface area contributed by atoms with Crippen LogP contribution in [0.1, 0.15) is 44.7 Å². The van der Waals surface area contributed by atoms with Crippen LogP contribution in [0, 0.1) is 5.82 Å². The first-order valence-corrected chi connectivity index (χ1v) is 9.87. The highest BCUT2D eigenvalue weighted by Gasteiger charge is 2.54. The topological polar surface area (TPSA) is 72.9 Å². The number of rotatable bonds is 2. The van der Waals surface area contributed by atoms with Gasteiger partial charge < -0.3 is 13.8 Å². The third-order valence-corrected chi connectivity index (χ3v) is 5.55. The van der Waals surface area contributed by atoms with E-state index in [1.54, 1.807) is 20.8 Å². The lowest BCUT2D eigenvalue weighted by atomic mass is 9.86. The van der Waals surface area contributed by atoms with Gasteiger partial charge in [-0.05, 0) is 45.7 Å². The van der Waals surface area contributed by atoms with Crippen LogP contribution < -0.4 is 4.18 Å². The third-order valence-electron chi connectivity index (χ3n) is 4.58. The average molecular weight is 425 g/mol. The maximum absolute atomic E-state index is 14.5. The van der Waals surface area contributed by atoms with Crippen molar-refractivity contribution in [1.29, 1.82) is 0 Å². The Balaban J connectivity index is 2.02. The van der Waals surface area contributed by atoms with Crippen molar-refractivity contribution in [3.8, 4) is 5.75 Å². The van der Waals surface area contributed by atoms with Crippen molar-refractivity contribution in [2.75, 3.05) is 6.54 Å². The van der Waals surface area contributed by atoms with Crippen molar-refractivity contribution >= 4 is 16.2 Å². The molecule has 156 valence electrons. The SMILES string of the molecule is CC(C)(C)OC(=O)N1Cc2c(OS(=O)(=O)C(F)(F)F)ccc(F)c2C2(CC2)C1. The van der Waals surface area contributed by atoms with Crippen molar-refractivity contribution < 1.29 is 39.7 Å². The van der Waals surface area contributed by atoms with Crippen LogP contribution in [0.4, 0.5) is 22.4 Å². The fraction of sp³-hybridized carbons (Fsp3) is 0.588. The number of alkyl halides is 3. The van der Waals surface area contributed by atoms with E-state index >= 15 is 0 Å². The number of amides is 1. The molecule has 6 nitrogen and oxygen atoms in total. The second-order valence-corrected chi connectivity index (χ2v) is 9.54. The van der Waals surface area contributed by atoms with E-state index in [1.807, 2.05) is 0 Å². The minimum atomic E-state index is -5.94. The van der Waals surface area contributed by atoms with Gasteiger partial charge in [-0.3, -0.25) is 0 Å². The minimum absolute atomic E-state index is 0.0950. The van der Waals surface area contributed by atoms with Gasteiger partial charge in [0.05, 0.1) is 6.54 Å². The van der Waals surface area contributed by atoms with Gasteiger partial charge in [-0.25, -0.2) is 9.18 Å². The number of hydrogen-bond acceptors (Lipinski definition) is 5. The van der Waals surface area contributed by atoms with E-state index in [2.05, 4.69) is 4.18 Å². The number of halogens is 4. The zero-order valence-electron chi connectivity index (χ0n) is 15.4. The van der Waals surface area contributed by atoms with E-state index < -0.39 is 44.3 Å². The second kappa shape index (κ2) is 6.23. The summed E-state index contributed by atoms with van der Waals surface area (Å²) in [5.41, 5.74) is -7.22. The molecule has 1 aliphatic carbocycles. The number of fused-ring (bicyclic) bond motifs is 2. The molecule has 1 saturated carbocycles. The van der Waals surface area contributed by atoms with Crippen LogP contribution in [0.5, 0.6) is 5.75 Å². The molecule has 0 atom stereocenters. The summed E-state index contributed by atoms with van der Waals surface area (Å²) in [5.74, 6) is -1.32. The van der Waals surface area contributed by atoms with Crippen LogP contribution in [0.3, 0.4) is 0 Å². The lowest BCUT2D eigenvalue weighted by Gasteiger charge is -2.36. The Labute approximate surface area is 159 Å². The Morgan fingerprint density at radius 2 is 1.79 bits per heavy atom. The predicted molar refractivity (Wildman–Crippen MR) is 89.6 cm³/mol. The van der Waals surface area contributed by atoms with Gasteiger partial charge in [0.1, 0.15) is 17.2 Å². The Bertz CT molecular complexity index is 917. The highest BCUT2D eigenvalue weighted by atomic mass is 32.2. The number of hydrogen-bond donors (Lipinski definition) is 0. The largest absolute Gasteiger partial charge is 0.534 e. The number of nitrogens with zero attached hydrogens (tertiary/aromatic N) is 1. The molecule has 1 spiro atoms. The number of carbonyl (C=O) groups is 1. The highest BCUT2D eigenvalue weighted by Crippen LogP contribution is 2.55. The lowest BCUT2D eigenvalue weighted by molar-refractivity contribution is -0.0500. The maximum atomic E-state index is 14.5. The van der Waals surface area contributed by atoms with Gasteiger partial charge in [0.15, 0.2) is 0 Å². The molecule has 1 fully saturated rings. The van der Waals surface area contributed by atoms with Gasteiger partial charge in [0.25, 0.3) is 0 Å². The Kier molecular flexibility index (Phi) is 4.60. The van der Waals surface area contributed by atoms with Crippen molar-refractivity contribution in [2.45, 2.75) is 56.7 Å². The molecule has 1 aromatic rings. The fourth-order valence-electron chi connectivity index (χ4n) is 3.28. The van der Waals surface area contributed by atoms with Gasteiger partial charge in [-0.2, -0.15) is 21.6 Å². The van der Waals surface area contributed by atoms with Gasteiger partial charge in [-0.1, -0.05) is 0 Å². The van der Waals surface area contributed by atoms with Crippen LogP contribution in [-0.2, 0) is 26.8 Å². The van der Waals surface area contributed by atoms with E-state index in [0.717, 1.165) is 12.1 Å². The van der Waals surface area contributed by atoms with Gasteiger partial charge in [0.2, 0.25) is 0 Å². The highest BCUT2D eigenvalue weighted by molar-refractivity contribution is 7.88. The summed E-state index contributed by atoms with van der Waals surface area (Å²) >= 11 is 0. The van der Waals surface area contributed by atoms with Crippen molar-refractivity contribution in [1.82, 2.24) is 4.90 Å². The normalized spacial score (nSPS) is 18.6. The van der Waals surface area contributed by atoms with Crippen molar-refractivity contribution in [3.05, 3.63) is 29.1 Å². The zero-order chi connectivity index (χ0) is 21.1. The molecule has 1 aliphatic heterocycles. The van der Waals surface area contributed by atoms with E-state index in [4.69, 9.17) is 4.74 Å². The molecule has 0 aromatic heterocycles. The fourth-order valence-corrected chi connectivity index (χ4v) is 3.77.